The fourth-order valence-corrected chi connectivity index (χ4v) is 5.82. The third-order valence-electron chi connectivity index (χ3n) is 8.60. The first-order chi connectivity index (χ1) is 21.7. The van der Waals surface area contributed by atoms with Crippen molar-refractivity contribution >= 4 is 11.9 Å². The molecule has 0 spiro atoms. The first kappa shape index (κ1) is 43.9. The molecule has 0 amide bonds. The minimum atomic E-state index is -0.922. The monoisotopic (exact) mass is 640 g/mol. The molecule has 45 heavy (non-hydrogen) atoms. The quantitative estimate of drug-likeness (QED) is 0.0422. The maximum Gasteiger partial charge on any atom is 0.307 e. The lowest BCUT2D eigenvalue weighted by atomic mass is 10.0. The van der Waals surface area contributed by atoms with Gasteiger partial charge in [0.15, 0.2) is 12.3 Å². The normalized spacial score (nSPS) is 13.1. The van der Waals surface area contributed by atoms with Crippen LogP contribution in [0.1, 0.15) is 214 Å². The highest BCUT2D eigenvalue weighted by molar-refractivity contribution is 5.70. The van der Waals surface area contributed by atoms with Crippen molar-refractivity contribution in [3.05, 3.63) is 0 Å². The number of rotatable bonds is 33. The SMILES string of the molecule is CCCCCCCCCCCCCCCC(=O)OC(CO)C(NC(C)(C)C)OC(=O)CCCCCCCCCCCCCCC. The van der Waals surface area contributed by atoms with Crippen LogP contribution in [0.4, 0.5) is 0 Å². The van der Waals surface area contributed by atoms with Gasteiger partial charge in [0.1, 0.15) is 0 Å². The summed E-state index contributed by atoms with van der Waals surface area (Å²) < 4.78 is 11.3. The summed E-state index contributed by atoms with van der Waals surface area (Å²) in [6.45, 7) is 10.0. The average Bonchev–Trinajstić information content (AvgIpc) is 2.99. The number of hydrogen-bond donors (Lipinski definition) is 2. The van der Waals surface area contributed by atoms with Gasteiger partial charge in [-0.2, -0.15) is 0 Å². The van der Waals surface area contributed by atoms with E-state index in [1.165, 1.54) is 128 Å². The van der Waals surface area contributed by atoms with Crippen LogP contribution in [0.2, 0.25) is 0 Å². The Morgan fingerprint density at radius 3 is 1.09 bits per heavy atom. The molecule has 0 aromatic carbocycles. The lowest BCUT2D eigenvalue weighted by Gasteiger charge is -2.32. The minimum absolute atomic E-state index is 0.314. The largest absolute Gasteiger partial charge is 0.454 e. The molecule has 0 saturated carbocycles. The van der Waals surface area contributed by atoms with E-state index >= 15 is 0 Å². The van der Waals surface area contributed by atoms with E-state index in [0.717, 1.165) is 38.5 Å². The van der Waals surface area contributed by atoms with Crippen molar-refractivity contribution in [1.82, 2.24) is 5.32 Å². The number of esters is 2. The van der Waals surface area contributed by atoms with Gasteiger partial charge in [0.25, 0.3) is 0 Å². The molecule has 0 heterocycles. The number of carbonyl (C=O) groups excluding carboxylic acids is 2. The van der Waals surface area contributed by atoms with Crippen LogP contribution in [-0.2, 0) is 19.1 Å². The van der Waals surface area contributed by atoms with Crippen molar-refractivity contribution in [3.8, 4) is 0 Å². The number of hydrogen-bond acceptors (Lipinski definition) is 6. The highest BCUT2D eigenvalue weighted by Gasteiger charge is 2.31. The van der Waals surface area contributed by atoms with Crippen LogP contribution in [-0.4, -0.2) is 41.5 Å². The predicted octanol–water partition coefficient (Wildman–Crippen LogP) is 11.1. The van der Waals surface area contributed by atoms with E-state index in [0.29, 0.717) is 12.8 Å². The summed E-state index contributed by atoms with van der Waals surface area (Å²) in [5.41, 5.74) is -0.380. The van der Waals surface area contributed by atoms with Crippen LogP contribution >= 0.6 is 0 Å². The number of nitrogens with one attached hydrogen (secondary N) is 1. The Labute approximate surface area is 280 Å². The van der Waals surface area contributed by atoms with E-state index in [-0.39, 0.29) is 17.5 Å². The average molecular weight is 640 g/mol. The van der Waals surface area contributed by atoms with E-state index in [2.05, 4.69) is 19.2 Å². The summed E-state index contributed by atoms with van der Waals surface area (Å²) in [6.07, 6.45) is 31.4. The summed E-state index contributed by atoms with van der Waals surface area (Å²) in [6, 6.07) is 0. The lowest BCUT2D eigenvalue weighted by molar-refractivity contribution is -0.176. The Morgan fingerprint density at radius 2 is 0.800 bits per heavy atom. The molecule has 0 fully saturated rings. The van der Waals surface area contributed by atoms with Gasteiger partial charge in [0.2, 0.25) is 0 Å². The smallest absolute Gasteiger partial charge is 0.307 e. The first-order valence-corrected chi connectivity index (χ1v) is 19.5. The lowest BCUT2D eigenvalue weighted by Crippen LogP contribution is -2.54. The fraction of sp³-hybridized carbons (Fsp3) is 0.949. The van der Waals surface area contributed by atoms with Gasteiger partial charge < -0.3 is 14.6 Å². The molecule has 0 rings (SSSR count). The van der Waals surface area contributed by atoms with E-state index in [1.807, 2.05) is 20.8 Å². The van der Waals surface area contributed by atoms with Crippen molar-refractivity contribution in [1.29, 1.82) is 0 Å². The molecular weight excluding hydrogens is 562 g/mol. The van der Waals surface area contributed by atoms with Crippen LogP contribution in [0.3, 0.4) is 0 Å². The van der Waals surface area contributed by atoms with Crippen molar-refractivity contribution in [2.75, 3.05) is 6.61 Å². The predicted molar refractivity (Wildman–Crippen MR) is 190 cm³/mol. The minimum Gasteiger partial charge on any atom is -0.454 e. The third-order valence-corrected chi connectivity index (χ3v) is 8.60. The zero-order valence-electron chi connectivity index (χ0n) is 30.7. The first-order valence-electron chi connectivity index (χ1n) is 19.5. The molecule has 0 aliphatic heterocycles. The summed E-state index contributed by atoms with van der Waals surface area (Å²) in [7, 11) is 0. The molecule has 0 aliphatic rings. The summed E-state index contributed by atoms with van der Waals surface area (Å²) in [5.74, 6) is -0.656. The molecule has 6 heteroatoms. The molecule has 268 valence electrons. The topological polar surface area (TPSA) is 84.9 Å². The van der Waals surface area contributed by atoms with Crippen LogP contribution in [0.15, 0.2) is 0 Å². The van der Waals surface area contributed by atoms with Gasteiger partial charge in [-0.25, -0.2) is 0 Å². The Hall–Kier alpha value is -1.14. The van der Waals surface area contributed by atoms with Gasteiger partial charge in [-0.3, -0.25) is 14.9 Å². The van der Waals surface area contributed by atoms with Crippen LogP contribution in [0, 0.1) is 0 Å². The molecule has 6 nitrogen and oxygen atoms in total. The van der Waals surface area contributed by atoms with Gasteiger partial charge in [-0.15, -0.1) is 0 Å². The molecule has 0 aromatic rings. The van der Waals surface area contributed by atoms with Gasteiger partial charge in [-0.1, -0.05) is 168 Å². The molecule has 2 atom stereocenters. The molecule has 0 radical (unpaired) electrons. The van der Waals surface area contributed by atoms with Crippen LogP contribution < -0.4 is 5.32 Å². The zero-order chi connectivity index (χ0) is 33.4. The fourth-order valence-electron chi connectivity index (χ4n) is 5.82. The summed E-state index contributed by atoms with van der Waals surface area (Å²) >= 11 is 0. The van der Waals surface area contributed by atoms with E-state index in [4.69, 9.17) is 9.47 Å². The molecule has 0 aliphatic carbocycles. The third kappa shape index (κ3) is 31.2. The Kier molecular flexibility index (Phi) is 30.7. The number of aliphatic hydroxyl groups is 1. The number of unbranched alkanes of at least 4 members (excludes halogenated alkanes) is 24. The Morgan fingerprint density at radius 1 is 0.511 bits per heavy atom. The maximum absolute atomic E-state index is 12.7. The van der Waals surface area contributed by atoms with Crippen molar-refractivity contribution in [3.63, 3.8) is 0 Å². The van der Waals surface area contributed by atoms with Gasteiger partial charge >= 0.3 is 11.9 Å². The van der Waals surface area contributed by atoms with Crippen LogP contribution in [0.25, 0.3) is 0 Å². The summed E-state index contributed by atoms with van der Waals surface area (Å²) in [5, 5.41) is 13.3. The van der Waals surface area contributed by atoms with Gasteiger partial charge in [-0.05, 0) is 33.6 Å². The van der Waals surface area contributed by atoms with E-state index < -0.39 is 18.9 Å². The Balaban J connectivity index is 4.14. The zero-order valence-corrected chi connectivity index (χ0v) is 30.7. The van der Waals surface area contributed by atoms with E-state index in [1.54, 1.807) is 0 Å². The summed E-state index contributed by atoms with van der Waals surface area (Å²) in [4.78, 5) is 25.2. The highest BCUT2D eigenvalue weighted by Crippen LogP contribution is 2.16. The second kappa shape index (κ2) is 31.5. The maximum atomic E-state index is 12.7. The second-order valence-electron chi connectivity index (χ2n) is 14.5. The molecule has 0 saturated heterocycles. The Bertz CT molecular complexity index is 662. The van der Waals surface area contributed by atoms with Crippen molar-refractivity contribution in [2.45, 2.75) is 232 Å². The van der Waals surface area contributed by atoms with Crippen molar-refractivity contribution < 1.29 is 24.2 Å². The van der Waals surface area contributed by atoms with Crippen molar-refractivity contribution in [2.24, 2.45) is 0 Å². The molecule has 0 aromatic heterocycles. The van der Waals surface area contributed by atoms with Crippen LogP contribution in [0.5, 0.6) is 0 Å². The van der Waals surface area contributed by atoms with Gasteiger partial charge in [0, 0.05) is 18.4 Å². The molecular formula is C39H77NO5. The van der Waals surface area contributed by atoms with E-state index in [9.17, 15) is 14.7 Å². The highest BCUT2D eigenvalue weighted by atomic mass is 16.6. The molecule has 0 bridgehead atoms. The standard InChI is InChI=1S/C39H77NO5/c1-6-8-10-12-14-16-18-20-22-24-26-28-30-32-36(42)44-35(34-41)38(40-39(3,4)5)45-37(43)33-31-29-27-25-23-21-19-17-15-13-11-9-7-2/h35,38,40-41H,6-34H2,1-5H3. The second-order valence-corrected chi connectivity index (χ2v) is 14.5. The number of carbonyl (C=O) groups is 2. The van der Waals surface area contributed by atoms with Gasteiger partial charge in [0.05, 0.1) is 6.61 Å². The number of ether oxygens (including phenoxy) is 2. The molecule has 2 N–H and O–H groups in total. The number of aliphatic hydroxyl groups excluding tert-OH is 1. The molecule has 2 unspecified atom stereocenters.